The minimum atomic E-state index is -0.972. The molecule has 21 heavy (non-hydrogen) atoms. The Balaban J connectivity index is 2.35. The molecule has 7 heteroatoms. The van der Waals surface area contributed by atoms with Crippen LogP contribution in [0.1, 0.15) is 23.2 Å². The molecule has 1 N–H and O–H groups in total. The molecule has 1 amide bonds. The van der Waals surface area contributed by atoms with E-state index in [1.807, 2.05) is 0 Å². The number of methoxy groups -OCH3 is 2. The molecule has 1 saturated heterocycles. The second kappa shape index (κ2) is 6.34. The van der Waals surface area contributed by atoms with E-state index < -0.39 is 12.0 Å². The minimum Gasteiger partial charge on any atom is -0.493 e. The summed E-state index contributed by atoms with van der Waals surface area (Å²) >= 11 is 3.33. The molecule has 1 aromatic rings. The Morgan fingerprint density at radius 2 is 2.05 bits per heavy atom. The number of rotatable bonds is 4. The molecule has 0 unspecified atom stereocenters. The molecule has 114 valence electrons. The van der Waals surface area contributed by atoms with Crippen LogP contribution in [0.3, 0.4) is 0 Å². The Kier molecular flexibility index (Phi) is 4.72. The lowest BCUT2D eigenvalue weighted by molar-refractivity contribution is -0.141. The Hall–Kier alpha value is -1.76. The number of nitrogens with zero attached hydrogens (tertiary/aromatic N) is 1. The Morgan fingerprint density at radius 1 is 1.33 bits per heavy atom. The average Bonchev–Trinajstić information content (AvgIpc) is 2.95. The third-order valence-electron chi connectivity index (χ3n) is 3.48. The van der Waals surface area contributed by atoms with Crippen molar-refractivity contribution in [2.45, 2.75) is 18.9 Å². The third-order valence-corrected chi connectivity index (χ3v) is 4.07. The van der Waals surface area contributed by atoms with Gasteiger partial charge >= 0.3 is 5.97 Å². The first-order valence-corrected chi connectivity index (χ1v) is 7.24. The topological polar surface area (TPSA) is 76.1 Å². The zero-order valence-corrected chi connectivity index (χ0v) is 13.3. The van der Waals surface area contributed by atoms with E-state index in [9.17, 15) is 9.59 Å². The maximum Gasteiger partial charge on any atom is 0.326 e. The van der Waals surface area contributed by atoms with Gasteiger partial charge in [-0.25, -0.2) is 4.79 Å². The zero-order valence-electron chi connectivity index (χ0n) is 11.8. The van der Waals surface area contributed by atoms with E-state index in [0.717, 1.165) is 0 Å². The van der Waals surface area contributed by atoms with Crippen LogP contribution in [-0.4, -0.2) is 48.7 Å². The number of carbonyl (C=O) groups excluding carboxylic acids is 1. The number of benzene rings is 1. The fourth-order valence-electron chi connectivity index (χ4n) is 2.47. The fraction of sp³-hybridized carbons (Fsp3) is 0.429. The highest BCUT2D eigenvalue weighted by atomic mass is 79.9. The lowest BCUT2D eigenvalue weighted by Gasteiger charge is -2.22. The van der Waals surface area contributed by atoms with Gasteiger partial charge in [-0.1, -0.05) is 0 Å². The molecule has 0 saturated carbocycles. The highest BCUT2D eigenvalue weighted by molar-refractivity contribution is 9.10. The molecular weight excluding hydrogens is 342 g/mol. The summed E-state index contributed by atoms with van der Waals surface area (Å²) in [6.45, 7) is 0.446. The van der Waals surface area contributed by atoms with E-state index in [1.54, 1.807) is 12.1 Å². The maximum atomic E-state index is 12.5. The molecule has 2 rings (SSSR count). The van der Waals surface area contributed by atoms with Crippen LogP contribution < -0.4 is 9.47 Å². The van der Waals surface area contributed by atoms with E-state index in [0.29, 0.717) is 40.9 Å². The van der Waals surface area contributed by atoms with Crippen molar-refractivity contribution in [3.63, 3.8) is 0 Å². The van der Waals surface area contributed by atoms with Gasteiger partial charge in [0.25, 0.3) is 5.91 Å². The minimum absolute atomic E-state index is 0.318. The fourth-order valence-corrected chi connectivity index (χ4v) is 3.08. The van der Waals surface area contributed by atoms with Crippen molar-refractivity contribution in [3.05, 3.63) is 22.2 Å². The lowest BCUT2D eigenvalue weighted by Crippen LogP contribution is -2.40. The number of carboxylic acid groups (broad SMARTS) is 1. The number of likely N-dealkylation sites (tertiary alicyclic amines) is 1. The summed E-state index contributed by atoms with van der Waals surface area (Å²) in [5.74, 6) is -0.381. The second-order valence-electron chi connectivity index (χ2n) is 4.69. The Morgan fingerprint density at radius 3 is 2.62 bits per heavy atom. The molecule has 6 nitrogen and oxygen atoms in total. The highest BCUT2D eigenvalue weighted by Crippen LogP contribution is 2.37. The molecule has 0 spiro atoms. The summed E-state index contributed by atoms with van der Waals surface area (Å²) in [6.07, 6.45) is 1.17. The summed E-state index contributed by atoms with van der Waals surface area (Å²) in [4.78, 5) is 25.1. The monoisotopic (exact) mass is 357 g/mol. The molecule has 1 aromatic carbocycles. The van der Waals surface area contributed by atoms with Crippen molar-refractivity contribution in [2.24, 2.45) is 0 Å². The van der Waals surface area contributed by atoms with Gasteiger partial charge in [0.15, 0.2) is 11.5 Å². The molecule has 0 radical (unpaired) electrons. The van der Waals surface area contributed by atoms with E-state index in [-0.39, 0.29) is 5.91 Å². The van der Waals surface area contributed by atoms with E-state index >= 15 is 0 Å². The lowest BCUT2D eigenvalue weighted by atomic mass is 10.1. The molecule has 0 aromatic heterocycles. The molecule has 1 fully saturated rings. The molecule has 1 aliphatic rings. The standard InChI is InChI=1S/C14H16BrNO5/c1-20-11-7-8(6-9(15)12(11)21-2)13(17)16-5-3-4-10(16)14(18)19/h6-7,10H,3-5H2,1-2H3,(H,18,19)/t10-/m1/s1. The number of hydrogen-bond donors (Lipinski definition) is 1. The first-order valence-electron chi connectivity index (χ1n) is 6.45. The van der Waals surface area contributed by atoms with Crippen LogP contribution in [0.2, 0.25) is 0 Å². The van der Waals surface area contributed by atoms with Gasteiger partial charge in [0, 0.05) is 12.1 Å². The van der Waals surface area contributed by atoms with Crippen LogP contribution in [0.25, 0.3) is 0 Å². The van der Waals surface area contributed by atoms with Gasteiger partial charge in [-0.15, -0.1) is 0 Å². The number of ether oxygens (including phenoxy) is 2. The van der Waals surface area contributed by atoms with Gasteiger partial charge in [-0.3, -0.25) is 4.79 Å². The molecular formula is C14H16BrNO5. The predicted octanol–water partition coefficient (Wildman–Crippen LogP) is 2.16. The number of carbonyl (C=O) groups is 2. The van der Waals surface area contributed by atoms with Crippen molar-refractivity contribution in [2.75, 3.05) is 20.8 Å². The average molecular weight is 358 g/mol. The van der Waals surface area contributed by atoms with Gasteiger partial charge in [-0.05, 0) is 40.9 Å². The van der Waals surface area contributed by atoms with Gasteiger partial charge in [0.2, 0.25) is 0 Å². The van der Waals surface area contributed by atoms with Gasteiger partial charge in [-0.2, -0.15) is 0 Å². The summed E-state index contributed by atoms with van der Waals surface area (Å²) in [6, 6.07) is 2.41. The first-order chi connectivity index (χ1) is 9.99. The van der Waals surface area contributed by atoms with Crippen LogP contribution in [0, 0.1) is 0 Å². The smallest absolute Gasteiger partial charge is 0.326 e. The summed E-state index contributed by atoms with van der Waals surface area (Å²) in [7, 11) is 2.99. The number of halogens is 1. The molecule has 0 aliphatic carbocycles. The van der Waals surface area contributed by atoms with Crippen molar-refractivity contribution in [1.82, 2.24) is 4.90 Å². The third kappa shape index (κ3) is 2.97. The maximum absolute atomic E-state index is 12.5. The SMILES string of the molecule is COc1cc(C(=O)N2CCC[C@@H]2C(=O)O)cc(Br)c1OC. The summed E-state index contributed by atoms with van der Waals surface area (Å²) in [5, 5.41) is 9.17. The largest absolute Gasteiger partial charge is 0.493 e. The summed E-state index contributed by atoms with van der Waals surface area (Å²) in [5.41, 5.74) is 0.368. The number of hydrogen-bond acceptors (Lipinski definition) is 4. The predicted molar refractivity (Wildman–Crippen MR) is 78.9 cm³/mol. The zero-order chi connectivity index (χ0) is 15.6. The molecule has 1 aliphatic heterocycles. The highest BCUT2D eigenvalue weighted by Gasteiger charge is 2.34. The van der Waals surface area contributed by atoms with E-state index in [4.69, 9.17) is 14.6 Å². The van der Waals surface area contributed by atoms with E-state index in [1.165, 1.54) is 19.1 Å². The molecule has 1 heterocycles. The normalized spacial score (nSPS) is 17.7. The molecule has 0 bridgehead atoms. The van der Waals surface area contributed by atoms with Crippen molar-refractivity contribution < 1.29 is 24.2 Å². The van der Waals surface area contributed by atoms with Gasteiger partial charge in [0.05, 0.1) is 18.7 Å². The van der Waals surface area contributed by atoms with Crippen LogP contribution in [0.5, 0.6) is 11.5 Å². The summed E-state index contributed by atoms with van der Waals surface area (Å²) < 4.78 is 11.0. The van der Waals surface area contributed by atoms with Crippen LogP contribution in [-0.2, 0) is 4.79 Å². The second-order valence-corrected chi connectivity index (χ2v) is 5.54. The number of carboxylic acids is 1. The Bertz CT molecular complexity index is 575. The van der Waals surface area contributed by atoms with Gasteiger partial charge < -0.3 is 19.5 Å². The molecule has 1 atom stereocenters. The van der Waals surface area contributed by atoms with Crippen LogP contribution in [0.15, 0.2) is 16.6 Å². The van der Waals surface area contributed by atoms with Crippen molar-refractivity contribution in [3.8, 4) is 11.5 Å². The van der Waals surface area contributed by atoms with Crippen molar-refractivity contribution >= 4 is 27.8 Å². The Labute approximate surface area is 130 Å². The quantitative estimate of drug-likeness (QED) is 0.893. The van der Waals surface area contributed by atoms with Crippen LogP contribution >= 0.6 is 15.9 Å². The van der Waals surface area contributed by atoms with Gasteiger partial charge in [0.1, 0.15) is 6.04 Å². The number of aliphatic carboxylic acids is 1. The first kappa shape index (κ1) is 15.6. The van der Waals surface area contributed by atoms with Crippen LogP contribution in [0.4, 0.5) is 0 Å². The number of amides is 1. The van der Waals surface area contributed by atoms with Crippen molar-refractivity contribution in [1.29, 1.82) is 0 Å². The van der Waals surface area contributed by atoms with E-state index in [2.05, 4.69) is 15.9 Å².